The minimum atomic E-state index is -0.487. The van der Waals surface area contributed by atoms with Gasteiger partial charge in [-0.15, -0.1) is 0 Å². The lowest BCUT2D eigenvalue weighted by Gasteiger charge is -2.16. The molecule has 0 amide bonds. The van der Waals surface area contributed by atoms with Crippen LogP contribution >= 0.6 is 0 Å². The van der Waals surface area contributed by atoms with E-state index in [1.807, 2.05) is 6.92 Å². The minimum Gasteiger partial charge on any atom is -0.393 e. The van der Waals surface area contributed by atoms with Gasteiger partial charge in [-0.1, -0.05) is 26.7 Å². The molecule has 0 aromatic heterocycles. The molecule has 2 nitrogen and oxygen atoms in total. The molecule has 78 valence electrons. The van der Waals surface area contributed by atoms with Gasteiger partial charge in [-0.2, -0.15) is 0 Å². The Labute approximate surface area is 81.3 Å². The fraction of sp³-hybridized carbons (Fsp3) is 0.909. The second kappa shape index (κ2) is 7.07. The van der Waals surface area contributed by atoms with Crippen molar-refractivity contribution in [1.82, 2.24) is 0 Å². The van der Waals surface area contributed by atoms with Gasteiger partial charge < -0.3 is 5.11 Å². The molecule has 0 rings (SSSR count). The molecule has 13 heavy (non-hydrogen) atoms. The third kappa shape index (κ3) is 5.04. The van der Waals surface area contributed by atoms with Crippen LogP contribution in [0.2, 0.25) is 0 Å². The molecule has 0 bridgehead atoms. The van der Waals surface area contributed by atoms with Crippen molar-refractivity contribution in [3.05, 3.63) is 0 Å². The monoisotopic (exact) mass is 186 g/mol. The number of hydrogen-bond acceptors (Lipinski definition) is 2. The quantitative estimate of drug-likeness (QED) is 0.620. The molecule has 2 atom stereocenters. The Bertz CT molecular complexity index is 141. The van der Waals surface area contributed by atoms with Gasteiger partial charge in [0.05, 0.1) is 6.10 Å². The lowest BCUT2D eigenvalue weighted by molar-refractivity contribution is -0.126. The fourth-order valence-electron chi connectivity index (χ4n) is 1.57. The molecule has 0 aliphatic carbocycles. The first-order chi connectivity index (χ1) is 6.13. The summed E-state index contributed by atoms with van der Waals surface area (Å²) >= 11 is 0. The molecular formula is C11H22O2. The van der Waals surface area contributed by atoms with Crippen molar-refractivity contribution in [1.29, 1.82) is 0 Å². The predicted molar refractivity (Wildman–Crippen MR) is 54.6 cm³/mol. The molecule has 2 heteroatoms. The maximum atomic E-state index is 11.5. The van der Waals surface area contributed by atoms with Crippen LogP contribution in [0.3, 0.4) is 0 Å². The number of hydrogen-bond donors (Lipinski definition) is 1. The first kappa shape index (κ1) is 12.6. The van der Waals surface area contributed by atoms with Gasteiger partial charge in [0.2, 0.25) is 0 Å². The van der Waals surface area contributed by atoms with Gasteiger partial charge in [-0.3, -0.25) is 4.79 Å². The molecule has 0 spiro atoms. The van der Waals surface area contributed by atoms with E-state index in [2.05, 4.69) is 6.92 Å². The maximum Gasteiger partial charge on any atom is 0.138 e. The summed E-state index contributed by atoms with van der Waals surface area (Å²) in [6, 6.07) is 0. The van der Waals surface area contributed by atoms with E-state index in [9.17, 15) is 9.90 Å². The standard InChI is InChI=1S/C11H22O2/c1-4-6-7-8-11(13)10(5-2)9(3)12/h9-10,12H,4-8H2,1-3H3. The van der Waals surface area contributed by atoms with Gasteiger partial charge in [-0.05, 0) is 19.8 Å². The first-order valence-corrected chi connectivity index (χ1v) is 5.34. The topological polar surface area (TPSA) is 37.3 Å². The predicted octanol–water partition coefficient (Wildman–Crippen LogP) is 2.54. The lowest BCUT2D eigenvalue weighted by Crippen LogP contribution is -2.25. The fourth-order valence-corrected chi connectivity index (χ4v) is 1.57. The molecule has 2 unspecified atom stereocenters. The molecule has 0 fully saturated rings. The van der Waals surface area contributed by atoms with E-state index in [4.69, 9.17) is 0 Å². The van der Waals surface area contributed by atoms with E-state index in [1.54, 1.807) is 6.92 Å². The summed E-state index contributed by atoms with van der Waals surface area (Å²) in [7, 11) is 0. The van der Waals surface area contributed by atoms with Crippen LogP contribution in [0.25, 0.3) is 0 Å². The average Bonchev–Trinajstić information content (AvgIpc) is 2.05. The first-order valence-electron chi connectivity index (χ1n) is 5.34. The normalized spacial score (nSPS) is 15.4. The van der Waals surface area contributed by atoms with Crippen molar-refractivity contribution in [3.8, 4) is 0 Å². The molecule has 0 heterocycles. The van der Waals surface area contributed by atoms with E-state index in [1.165, 1.54) is 0 Å². The van der Waals surface area contributed by atoms with E-state index in [0.717, 1.165) is 25.7 Å². The number of ketones is 1. The molecule has 0 aromatic rings. The smallest absolute Gasteiger partial charge is 0.138 e. The summed E-state index contributed by atoms with van der Waals surface area (Å²) in [4.78, 5) is 11.5. The Morgan fingerprint density at radius 1 is 1.31 bits per heavy atom. The molecule has 1 N–H and O–H groups in total. The van der Waals surface area contributed by atoms with Crippen molar-refractivity contribution in [2.45, 2.75) is 59.0 Å². The summed E-state index contributed by atoms with van der Waals surface area (Å²) in [6.07, 6.45) is 4.12. The van der Waals surface area contributed by atoms with E-state index < -0.39 is 6.10 Å². The highest BCUT2D eigenvalue weighted by atomic mass is 16.3. The van der Waals surface area contributed by atoms with Crippen LogP contribution in [-0.2, 0) is 4.79 Å². The lowest BCUT2D eigenvalue weighted by atomic mass is 9.92. The van der Waals surface area contributed by atoms with Crippen LogP contribution in [0.5, 0.6) is 0 Å². The zero-order valence-electron chi connectivity index (χ0n) is 9.05. The molecule has 0 aliphatic heterocycles. The molecule has 0 radical (unpaired) electrons. The number of Topliss-reactive ketones (excluding diaryl/α,β-unsaturated/α-hetero) is 1. The van der Waals surface area contributed by atoms with Gasteiger partial charge >= 0.3 is 0 Å². The Morgan fingerprint density at radius 3 is 2.31 bits per heavy atom. The number of unbranched alkanes of at least 4 members (excludes halogenated alkanes) is 2. The molecule has 0 aromatic carbocycles. The van der Waals surface area contributed by atoms with Gasteiger partial charge in [0, 0.05) is 12.3 Å². The van der Waals surface area contributed by atoms with Crippen LogP contribution in [0.15, 0.2) is 0 Å². The van der Waals surface area contributed by atoms with Crippen molar-refractivity contribution >= 4 is 5.78 Å². The highest BCUT2D eigenvalue weighted by Gasteiger charge is 2.20. The molecule has 0 saturated carbocycles. The number of carbonyl (C=O) groups excluding carboxylic acids is 1. The Balaban J connectivity index is 3.78. The second-order valence-electron chi connectivity index (χ2n) is 3.68. The highest BCUT2D eigenvalue weighted by molar-refractivity contribution is 5.81. The third-order valence-electron chi connectivity index (χ3n) is 2.46. The number of aliphatic hydroxyl groups is 1. The summed E-state index contributed by atoms with van der Waals surface area (Å²) < 4.78 is 0. The summed E-state index contributed by atoms with van der Waals surface area (Å²) in [5, 5.41) is 9.32. The van der Waals surface area contributed by atoms with Crippen LogP contribution in [0, 0.1) is 5.92 Å². The zero-order chi connectivity index (χ0) is 10.3. The largest absolute Gasteiger partial charge is 0.393 e. The van der Waals surface area contributed by atoms with E-state index in [0.29, 0.717) is 6.42 Å². The third-order valence-corrected chi connectivity index (χ3v) is 2.46. The maximum absolute atomic E-state index is 11.5. The number of aliphatic hydroxyl groups excluding tert-OH is 1. The van der Waals surface area contributed by atoms with Crippen LogP contribution < -0.4 is 0 Å². The Kier molecular flexibility index (Phi) is 6.87. The molecular weight excluding hydrogens is 164 g/mol. The summed E-state index contributed by atoms with van der Waals surface area (Å²) in [5.41, 5.74) is 0. The molecule has 0 saturated heterocycles. The highest BCUT2D eigenvalue weighted by Crippen LogP contribution is 2.14. The minimum absolute atomic E-state index is 0.142. The Morgan fingerprint density at radius 2 is 1.92 bits per heavy atom. The average molecular weight is 186 g/mol. The number of rotatable bonds is 7. The van der Waals surface area contributed by atoms with Crippen LogP contribution in [0.1, 0.15) is 52.9 Å². The van der Waals surface area contributed by atoms with Gasteiger partial charge in [0.1, 0.15) is 5.78 Å². The van der Waals surface area contributed by atoms with E-state index in [-0.39, 0.29) is 11.7 Å². The van der Waals surface area contributed by atoms with Crippen molar-refractivity contribution in [2.75, 3.05) is 0 Å². The van der Waals surface area contributed by atoms with Crippen molar-refractivity contribution < 1.29 is 9.90 Å². The molecule has 0 aliphatic rings. The van der Waals surface area contributed by atoms with Gasteiger partial charge in [0.15, 0.2) is 0 Å². The van der Waals surface area contributed by atoms with E-state index >= 15 is 0 Å². The number of carbonyl (C=O) groups is 1. The van der Waals surface area contributed by atoms with Gasteiger partial charge in [-0.25, -0.2) is 0 Å². The van der Waals surface area contributed by atoms with Crippen molar-refractivity contribution in [2.24, 2.45) is 5.92 Å². The summed E-state index contributed by atoms with van der Waals surface area (Å²) in [5.74, 6) is 0.0859. The Hall–Kier alpha value is -0.370. The van der Waals surface area contributed by atoms with Crippen LogP contribution in [0.4, 0.5) is 0 Å². The van der Waals surface area contributed by atoms with Gasteiger partial charge in [0.25, 0.3) is 0 Å². The van der Waals surface area contributed by atoms with Crippen molar-refractivity contribution in [3.63, 3.8) is 0 Å². The zero-order valence-corrected chi connectivity index (χ0v) is 9.05. The van der Waals surface area contributed by atoms with Crippen LogP contribution in [-0.4, -0.2) is 17.0 Å². The summed E-state index contributed by atoms with van der Waals surface area (Å²) in [6.45, 7) is 5.78. The second-order valence-corrected chi connectivity index (χ2v) is 3.68. The SMILES string of the molecule is CCCCCC(=O)C(CC)C(C)O.